The molecule has 3 aromatic rings. The van der Waals surface area contributed by atoms with E-state index in [0.29, 0.717) is 42.8 Å². The number of nitriles is 1. The maximum absolute atomic E-state index is 15.2. The van der Waals surface area contributed by atoms with Gasteiger partial charge in [-0.05, 0) is 48.9 Å². The number of halogens is 1. The summed E-state index contributed by atoms with van der Waals surface area (Å²) in [5.74, 6) is 0.535. The predicted octanol–water partition coefficient (Wildman–Crippen LogP) is 2.27. The Hall–Kier alpha value is -4.87. The van der Waals surface area contributed by atoms with E-state index >= 15 is 4.39 Å². The normalized spacial score (nSPS) is 23.5. The number of hydrogen-bond donors (Lipinski definition) is 2. The number of aromatic nitrogens is 3. The average Bonchev–Trinajstić information content (AvgIpc) is 3.51. The first-order valence-electron chi connectivity index (χ1n) is 16.0. The number of nitrogens with zero attached hydrogens (tertiary/aromatic N) is 7. The summed E-state index contributed by atoms with van der Waals surface area (Å²) in [4.78, 5) is 43.6. The molecule has 0 bridgehead atoms. The molecule has 47 heavy (non-hydrogen) atoms. The zero-order valence-electron chi connectivity index (χ0n) is 25.8. The minimum absolute atomic E-state index is 0.132. The topological polar surface area (TPSA) is 149 Å². The van der Waals surface area contributed by atoms with Crippen LogP contribution >= 0.6 is 0 Å². The van der Waals surface area contributed by atoms with Crippen LogP contribution in [0.2, 0.25) is 0 Å². The van der Waals surface area contributed by atoms with Crippen LogP contribution in [0.25, 0.3) is 11.4 Å². The van der Waals surface area contributed by atoms with Gasteiger partial charge in [0.1, 0.15) is 30.3 Å². The number of alkyl halides is 1. The van der Waals surface area contributed by atoms with Gasteiger partial charge in [-0.25, -0.2) is 14.4 Å². The Morgan fingerprint density at radius 2 is 1.87 bits per heavy atom. The SMILES string of the molecule is N#Cc1cc(-c2ncnc(Nc3ccc(N4CCN(C5COC5)CC4)cc3)n2)ccc1OC1CCN(C(=O)[C@@H]2CCC(=O)N2)C[C@@H]1F. The molecule has 2 amide bonds. The zero-order valence-corrected chi connectivity index (χ0v) is 25.8. The summed E-state index contributed by atoms with van der Waals surface area (Å²) in [5.41, 5.74) is 2.80. The predicted molar refractivity (Wildman–Crippen MR) is 170 cm³/mol. The van der Waals surface area contributed by atoms with Crippen molar-refractivity contribution in [2.45, 2.75) is 43.6 Å². The lowest BCUT2D eigenvalue weighted by atomic mass is 10.0. The summed E-state index contributed by atoms with van der Waals surface area (Å²) < 4.78 is 26.4. The minimum Gasteiger partial charge on any atom is -0.486 e. The van der Waals surface area contributed by atoms with Crippen LogP contribution in [0.15, 0.2) is 48.8 Å². The highest BCUT2D eigenvalue weighted by molar-refractivity contribution is 5.90. The van der Waals surface area contributed by atoms with Gasteiger partial charge in [-0.15, -0.1) is 0 Å². The Bertz CT molecular complexity index is 1660. The Kier molecular flexibility index (Phi) is 8.82. The highest BCUT2D eigenvalue weighted by Gasteiger charge is 2.37. The summed E-state index contributed by atoms with van der Waals surface area (Å²) in [7, 11) is 0. The lowest BCUT2D eigenvalue weighted by Gasteiger charge is -2.43. The van der Waals surface area contributed by atoms with Crippen LogP contribution in [0.5, 0.6) is 5.75 Å². The maximum atomic E-state index is 15.2. The number of anilines is 3. The number of carbonyl (C=O) groups is 2. The summed E-state index contributed by atoms with van der Waals surface area (Å²) >= 11 is 0. The van der Waals surface area contributed by atoms with Crippen LogP contribution in [0.1, 0.15) is 24.8 Å². The van der Waals surface area contributed by atoms with Gasteiger partial charge in [0.25, 0.3) is 0 Å². The van der Waals surface area contributed by atoms with Crippen molar-refractivity contribution >= 4 is 29.1 Å². The fraction of sp³-hybridized carbons (Fsp3) is 0.455. The highest BCUT2D eigenvalue weighted by Crippen LogP contribution is 2.29. The standard InChI is InChI=1S/C33H36FN9O4/c34-26-17-43(32(45)27-6-8-30(44)39-27)10-9-29(26)47-28-7-1-21(15-22(28)16-35)31-36-20-37-33(40-31)38-23-2-4-24(5-3-23)41-11-13-42(14-12-41)25-18-46-19-25/h1-5,7,15,20,25-27,29H,6,8-14,17-19H2,(H,39,44)(H,36,37,38,40)/t26-,27-,29?/m0/s1. The second-order valence-electron chi connectivity index (χ2n) is 12.2. The molecule has 13 nitrogen and oxygen atoms in total. The molecule has 244 valence electrons. The van der Waals surface area contributed by atoms with Crippen molar-refractivity contribution in [2.24, 2.45) is 0 Å². The number of amides is 2. The molecule has 7 rings (SSSR count). The van der Waals surface area contributed by atoms with Crippen LogP contribution < -0.4 is 20.3 Å². The van der Waals surface area contributed by atoms with E-state index in [1.54, 1.807) is 18.2 Å². The van der Waals surface area contributed by atoms with Crippen molar-refractivity contribution in [2.75, 3.05) is 62.7 Å². The van der Waals surface area contributed by atoms with Gasteiger partial charge in [-0.3, -0.25) is 14.5 Å². The molecule has 0 spiro atoms. The number of rotatable bonds is 8. The molecule has 1 aromatic heterocycles. The molecule has 2 N–H and O–H groups in total. The van der Waals surface area contributed by atoms with Gasteiger partial charge in [0.15, 0.2) is 12.0 Å². The van der Waals surface area contributed by atoms with E-state index in [9.17, 15) is 14.9 Å². The first-order valence-corrected chi connectivity index (χ1v) is 16.0. The maximum Gasteiger partial charge on any atom is 0.245 e. The molecular formula is C33H36FN9O4. The number of piperazine rings is 1. The molecule has 0 saturated carbocycles. The van der Waals surface area contributed by atoms with Crippen LogP contribution in [0.4, 0.5) is 21.7 Å². The van der Waals surface area contributed by atoms with E-state index in [-0.39, 0.29) is 36.1 Å². The fourth-order valence-electron chi connectivity index (χ4n) is 6.42. The fourth-order valence-corrected chi connectivity index (χ4v) is 6.42. The molecule has 4 fully saturated rings. The van der Waals surface area contributed by atoms with Crippen molar-refractivity contribution in [3.8, 4) is 23.2 Å². The summed E-state index contributed by atoms with van der Waals surface area (Å²) in [5, 5.41) is 15.7. The van der Waals surface area contributed by atoms with Crippen molar-refractivity contribution in [1.82, 2.24) is 30.1 Å². The Balaban J connectivity index is 0.956. The first kappa shape index (κ1) is 30.8. The molecule has 3 atom stereocenters. The van der Waals surface area contributed by atoms with Crippen molar-refractivity contribution in [1.29, 1.82) is 5.26 Å². The van der Waals surface area contributed by atoms with Crippen molar-refractivity contribution < 1.29 is 23.5 Å². The van der Waals surface area contributed by atoms with Gasteiger partial charge in [0.05, 0.1) is 31.4 Å². The van der Waals surface area contributed by atoms with Gasteiger partial charge in [-0.2, -0.15) is 10.2 Å². The molecule has 1 unspecified atom stereocenters. The van der Waals surface area contributed by atoms with Gasteiger partial charge >= 0.3 is 0 Å². The Labute approximate surface area is 271 Å². The highest BCUT2D eigenvalue weighted by atomic mass is 19.1. The first-order chi connectivity index (χ1) is 22.9. The third-order valence-corrected chi connectivity index (χ3v) is 9.23. The van der Waals surface area contributed by atoms with Crippen LogP contribution in [-0.4, -0.2) is 113 Å². The quantitative estimate of drug-likeness (QED) is 0.373. The average molecular weight is 642 g/mol. The van der Waals surface area contributed by atoms with Crippen LogP contribution in [0, 0.1) is 11.3 Å². The van der Waals surface area contributed by atoms with E-state index in [1.165, 1.54) is 16.9 Å². The zero-order chi connectivity index (χ0) is 32.3. The number of piperidine rings is 1. The van der Waals surface area contributed by atoms with Gasteiger partial charge in [0.2, 0.25) is 17.8 Å². The van der Waals surface area contributed by atoms with Gasteiger partial charge < -0.3 is 29.9 Å². The van der Waals surface area contributed by atoms with E-state index in [2.05, 4.69) is 53.6 Å². The smallest absolute Gasteiger partial charge is 0.245 e. The van der Waals surface area contributed by atoms with Crippen molar-refractivity contribution in [3.05, 3.63) is 54.4 Å². The molecule has 0 radical (unpaired) electrons. The lowest BCUT2D eigenvalue weighted by molar-refractivity contribution is -0.138. The third kappa shape index (κ3) is 6.81. The van der Waals surface area contributed by atoms with E-state index in [4.69, 9.17) is 9.47 Å². The monoisotopic (exact) mass is 641 g/mol. The Morgan fingerprint density at radius 3 is 2.55 bits per heavy atom. The van der Waals surface area contributed by atoms with E-state index in [1.807, 2.05) is 12.1 Å². The van der Waals surface area contributed by atoms with E-state index in [0.717, 1.165) is 45.1 Å². The number of benzene rings is 2. The number of ether oxygens (including phenoxy) is 2. The van der Waals surface area contributed by atoms with Gasteiger partial charge in [-0.1, -0.05) is 0 Å². The second kappa shape index (κ2) is 13.5. The van der Waals surface area contributed by atoms with E-state index < -0.39 is 18.3 Å². The lowest BCUT2D eigenvalue weighted by Crippen LogP contribution is -2.56. The molecule has 4 aliphatic heterocycles. The molecule has 4 aliphatic rings. The van der Waals surface area contributed by atoms with Gasteiger partial charge in [0, 0.05) is 62.5 Å². The van der Waals surface area contributed by atoms with Crippen molar-refractivity contribution in [3.63, 3.8) is 0 Å². The van der Waals surface area contributed by atoms with Crippen LogP contribution in [-0.2, 0) is 14.3 Å². The molecule has 5 heterocycles. The second-order valence-corrected chi connectivity index (χ2v) is 12.2. The molecule has 0 aliphatic carbocycles. The number of hydrogen-bond acceptors (Lipinski definition) is 11. The molecule has 14 heteroatoms. The number of carbonyl (C=O) groups excluding carboxylic acids is 2. The molecule has 4 saturated heterocycles. The largest absolute Gasteiger partial charge is 0.486 e. The Morgan fingerprint density at radius 1 is 1.06 bits per heavy atom. The minimum atomic E-state index is -1.44. The number of nitrogens with one attached hydrogen (secondary N) is 2. The summed E-state index contributed by atoms with van der Waals surface area (Å²) in [6, 6.07) is 15.2. The molecule has 2 aromatic carbocycles. The third-order valence-electron chi connectivity index (χ3n) is 9.23. The van der Waals surface area contributed by atoms with Crippen LogP contribution in [0.3, 0.4) is 0 Å². The number of likely N-dealkylation sites (tertiary alicyclic amines) is 1. The summed E-state index contributed by atoms with van der Waals surface area (Å²) in [6.07, 6.45) is 0.123. The summed E-state index contributed by atoms with van der Waals surface area (Å²) in [6.45, 7) is 5.87. The molecular weight excluding hydrogens is 605 g/mol.